The molecule has 0 radical (unpaired) electrons. The van der Waals surface area contributed by atoms with Crippen LogP contribution in [0, 0.1) is 5.92 Å². The van der Waals surface area contributed by atoms with Crippen molar-refractivity contribution in [1.82, 2.24) is 19.4 Å². The zero-order valence-corrected chi connectivity index (χ0v) is 15.9. The summed E-state index contributed by atoms with van der Waals surface area (Å²) in [4.78, 5) is 33.4. The van der Waals surface area contributed by atoms with Crippen molar-refractivity contribution in [3.8, 4) is 0 Å². The number of rotatable bonds is 3. The average Bonchev–Trinajstić information content (AvgIpc) is 3.20. The van der Waals surface area contributed by atoms with Crippen LogP contribution in [0.15, 0.2) is 12.4 Å². The molecule has 3 rings (SSSR count). The van der Waals surface area contributed by atoms with E-state index >= 15 is 0 Å². The highest BCUT2D eigenvalue weighted by Gasteiger charge is 2.41. The number of hydrogen-bond donors (Lipinski definition) is 0. The van der Waals surface area contributed by atoms with Crippen LogP contribution in [0.5, 0.6) is 0 Å². The molecule has 2 saturated heterocycles. The molecule has 0 aromatic carbocycles. The van der Waals surface area contributed by atoms with Gasteiger partial charge in [0.05, 0.1) is 5.92 Å². The smallest absolute Gasteiger partial charge is 0.227 e. The highest BCUT2D eigenvalue weighted by molar-refractivity contribution is 5.89. The molecule has 0 N–H and O–H groups in total. The highest BCUT2D eigenvalue weighted by Crippen LogP contribution is 2.31. The van der Waals surface area contributed by atoms with Crippen LogP contribution in [0.3, 0.4) is 0 Å². The molecule has 1 atom stereocenters. The number of aryl methyl sites for hydroxylation is 1. The van der Waals surface area contributed by atoms with Gasteiger partial charge in [0, 0.05) is 56.5 Å². The molecule has 2 amide bonds. The number of amides is 2. The van der Waals surface area contributed by atoms with Gasteiger partial charge in [0.15, 0.2) is 0 Å². The number of hydrogen-bond acceptors (Lipinski definition) is 3. The summed E-state index contributed by atoms with van der Waals surface area (Å²) in [6.45, 7) is 11.2. The minimum Gasteiger partial charge on any atom is -0.342 e. The second-order valence-electron chi connectivity index (χ2n) is 8.25. The standard InChI is InChI=1S/C19H30N4O2/c1-5-21-11-8-20-17(21)14-6-9-22(10-7-14)18(25)15-12-16(24)23(13-15)19(2,3)4/h8,11,14-15H,5-7,9-10,12-13H2,1-4H3. The Balaban J connectivity index is 1.58. The van der Waals surface area contributed by atoms with E-state index in [9.17, 15) is 9.59 Å². The molecule has 6 nitrogen and oxygen atoms in total. The van der Waals surface area contributed by atoms with E-state index in [2.05, 4.69) is 16.5 Å². The van der Waals surface area contributed by atoms with Gasteiger partial charge in [-0.1, -0.05) is 0 Å². The Morgan fingerprint density at radius 2 is 1.96 bits per heavy atom. The summed E-state index contributed by atoms with van der Waals surface area (Å²) < 4.78 is 2.19. The van der Waals surface area contributed by atoms with Crippen molar-refractivity contribution in [2.24, 2.45) is 5.92 Å². The van der Waals surface area contributed by atoms with Gasteiger partial charge in [-0.15, -0.1) is 0 Å². The molecule has 25 heavy (non-hydrogen) atoms. The van der Waals surface area contributed by atoms with Crippen LogP contribution < -0.4 is 0 Å². The quantitative estimate of drug-likeness (QED) is 0.843. The van der Waals surface area contributed by atoms with Crippen molar-refractivity contribution >= 4 is 11.8 Å². The molecule has 6 heteroatoms. The Morgan fingerprint density at radius 3 is 2.52 bits per heavy atom. The predicted molar refractivity (Wildman–Crippen MR) is 96.0 cm³/mol. The van der Waals surface area contributed by atoms with Gasteiger partial charge in [0.2, 0.25) is 11.8 Å². The van der Waals surface area contributed by atoms with Crippen LogP contribution in [0.1, 0.15) is 58.7 Å². The number of imidazole rings is 1. The monoisotopic (exact) mass is 346 g/mol. The van der Waals surface area contributed by atoms with E-state index in [4.69, 9.17) is 0 Å². The summed E-state index contributed by atoms with van der Waals surface area (Å²) in [5, 5.41) is 0. The molecule has 138 valence electrons. The molecule has 0 aliphatic carbocycles. The fraction of sp³-hybridized carbons (Fsp3) is 0.737. The molecule has 2 aliphatic rings. The van der Waals surface area contributed by atoms with Crippen LogP contribution in [0.25, 0.3) is 0 Å². The maximum absolute atomic E-state index is 12.9. The predicted octanol–water partition coefficient (Wildman–Crippen LogP) is 2.26. The van der Waals surface area contributed by atoms with Gasteiger partial charge in [-0.05, 0) is 40.5 Å². The lowest BCUT2D eigenvalue weighted by molar-refractivity contribution is -0.136. The van der Waals surface area contributed by atoms with E-state index in [1.54, 1.807) is 0 Å². The summed E-state index contributed by atoms with van der Waals surface area (Å²) in [5.41, 5.74) is -0.212. The second kappa shape index (κ2) is 6.81. The third kappa shape index (κ3) is 3.58. The molecule has 1 aromatic rings. The average molecular weight is 346 g/mol. The normalized spacial score (nSPS) is 22.7. The van der Waals surface area contributed by atoms with E-state index in [0.29, 0.717) is 18.9 Å². The van der Waals surface area contributed by atoms with E-state index in [0.717, 1.165) is 38.3 Å². The van der Waals surface area contributed by atoms with E-state index in [1.807, 2.05) is 43.0 Å². The summed E-state index contributed by atoms with van der Waals surface area (Å²) >= 11 is 0. The zero-order chi connectivity index (χ0) is 18.2. The van der Waals surface area contributed by atoms with Crippen molar-refractivity contribution in [1.29, 1.82) is 0 Å². The van der Waals surface area contributed by atoms with E-state index < -0.39 is 0 Å². The first-order valence-corrected chi connectivity index (χ1v) is 9.41. The Hall–Kier alpha value is -1.85. The summed E-state index contributed by atoms with van der Waals surface area (Å²) in [6, 6.07) is 0. The summed E-state index contributed by atoms with van der Waals surface area (Å²) in [5.74, 6) is 1.64. The van der Waals surface area contributed by atoms with Gasteiger partial charge >= 0.3 is 0 Å². The van der Waals surface area contributed by atoms with Gasteiger partial charge < -0.3 is 14.4 Å². The van der Waals surface area contributed by atoms with Crippen molar-refractivity contribution < 1.29 is 9.59 Å². The molecule has 1 unspecified atom stereocenters. The Morgan fingerprint density at radius 1 is 1.28 bits per heavy atom. The maximum Gasteiger partial charge on any atom is 0.227 e. The van der Waals surface area contributed by atoms with Crippen LogP contribution in [-0.2, 0) is 16.1 Å². The number of carbonyl (C=O) groups is 2. The molecule has 0 saturated carbocycles. The minimum absolute atomic E-state index is 0.103. The number of nitrogens with zero attached hydrogens (tertiary/aromatic N) is 4. The molecular weight excluding hydrogens is 316 g/mol. The lowest BCUT2D eigenvalue weighted by Crippen LogP contribution is -2.45. The maximum atomic E-state index is 12.9. The number of aromatic nitrogens is 2. The molecule has 2 fully saturated rings. The third-order valence-corrected chi connectivity index (χ3v) is 5.54. The Kier molecular flexibility index (Phi) is 4.89. The van der Waals surface area contributed by atoms with Crippen molar-refractivity contribution in [3.63, 3.8) is 0 Å². The number of piperidine rings is 1. The lowest BCUT2D eigenvalue weighted by atomic mass is 9.94. The molecule has 0 bridgehead atoms. The topological polar surface area (TPSA) is 58.4 Å². The van der Waals surface area contributed by atoms with Crippen molar-refractivity contribution in [3.05, 3.63) is 18.2 Å². The minimum atomic E-state index is -0.212. The molecule has 3 heterocycles. The van der Waals surface area contributed by atoms with Gasteiger partial charge in [0.25, 0.3) is 0 Å². The van der Waals surface area contributed by atoms with Crippen molar-refractivity contribution in [2.75, 3.05) is 19.6 Å². The van der Waals surface area contributed by atoms with Gasteiger partial charge in [-0.25, -0.2) is 4.98 Å². The van der Waals surface area contributed by atoms with E-state index in [1.165, 1.54) is 0 Å². The summed E-state index contributed by atoms with van der Waals surface area (Å²) in [6.07, 6.45) is 6.15. The lowest BCUT2D eigenvalue weighted by Gasteiger charge is -2.34. The summed E-state index contributed by atoms with van der Waals surface area (Å²) in [7, 11) is 0. The van der Waals surface area contributed by atoms with E-state index in [-0.39, 0.29) is 23.3 Å². The first-order valence-electron chi connectivity index (χ1n) is 9.41. The van der Waals surface area contributed by atoms with Crippen LogP contribution in [0.4, 0.5) is 0 Å². The zero-order valence-electron chi connectivity index (χ0n) is 15.9. The van der Waals surface area contributed by atoms with Crippen LogP contribution in [-0.4, -0.2) is 56.3 Å². The SMILES string of the molecule is CCn1ccnc1C1CCN(C(=O)C2CC(=O)N(C(C)(C)C)C2)CC1. The number of carbonyl (C=O) groups excluding carboxylic acids is 2. The third-order valence-electron chi connectivity index (χ3n) is 5.54. The molecular formula is C19H30N4O2. The second-order valence-corrected chi connectivity index (χ2v) is 8.25. The number of likely N-dealkylation sites (tertiary alicyclic amines) is 2. The fourth-order valence-corrected chi connectivity index (χ4v) is 4.09. The molecule has 2 aliphatic heterocycles. The largest absolute Gasteiger partial charge is 0.342 e. The van der Waals surface area contributed by atoms with Crippen molar-refractivity contribution in [2.45, 2.75) is 65.0 Å². The van der Waals surface area contributed by atoms with Gasteiger partial charge in [-0.2, -0.15) is 0 Å². The highest BCUT2D eigenvalue weighted by atomic mass is 16.2. The van der Waals surface area contributed by atoms with Crippen LogP contribution >= 0.6 is 0 Å². The molecule has 0 spiro atoms. The Bertz CT molecular complexity index is 638. The van der Waals surface area contributed by atoms with Gasteiger partial charge in [-0.3, -0.25) is 9.59 Å². The fourth-order valence-electron chi connectivity index (χ4n) is 4.09. The molecule has 1 aromatic heterocycles. The first kappa shape index (κ1) is 18.0. The Labute approximate surface area is 150 Å². The first-order chi connectivity index (χ1) is 11.8. The van der Waals surface area contributed by atoms with Gasteiger partial charge in [0.1, 0.15) is 5.82 Å². The van der Waals surface area contributed by atoms with Crippen LogP contribution in [0.2, 0.25) is 0 Å².